The Morgan fingerprint density at radius 3 is 2.91 bits per heavy atom. The molecule has 32 heavy (non-hydrogen) atoms. The lowest BCUT2D eigenvalue weighted by Gasteiger charge is -2.37. The van der Waals surface area contributed by atoms with E-state index in [1.807, 2.05) is 6.92 Å². The fraction of sp³-hybridized carbons (Fsp3) is 0.700. The highest BCUT2D eigenvalue weighted by Gasteiger charge is 2.54. The van der Waals surface area contributed by atoms with E-state index in [4.69, 9.17) is 25.6 Å². The highest BCUT2D eigenvalue weighted by atomic mass is 32.9. The molecule has 2 saturated heterocycles. The highest BCUT2D eigenvalue weighted by molar-refractivity contribution is 8.68. The van der Waals surface area contributed by atoms with Crippen molar-refractivity contribution in [1.29, 1.82) is 0 Å². The smallest absolute Gasteiger partial charge is 0.330 e. The Morgan fingerprint density at radius 2 is 2.25 bits per heavy atom. The van der Waals surface area contributed by atoms with Crippen LogP contribution in [0.4, 0.5) is 0 Å². The minimum atomic E-state index is -2.56. The van der Waals surface area contributed by atoms with Crippen molar-refractivity contribution in [3.8, 4) is 0 Å². The predicted molar refractivity (Wildman–Crippen MR) is 134 cm³/mol. The van der Waals surface area contributed by atoms with Gasteiger partial charge in [0.05, 0.1) is 18.8 Å². The molecular weight excluding hydrogens is 491 g/mol. The van der Waals surface area contributed by atoms with Crippen LogP contribution in [0, 0.1) is 11.8 Å². The summed E-state index contributed by atoms with van der Waals surface area (Å²) in [5.41, 5.74) is -2.51. The van der Waals surface area contributed by atoms with Crippen LogP contribution in [0.5, 0.6) is 0 Å². The number of ether oxygens (including phenoxy) is 1. The van der Waals surface area contributed by atoms with Crippen LogP contribution < -0.4 is 11.2 Å². The molecule has 2 N–H and O–H groups in total. The van der Waals surface area contributed by atoms with Crippen molar-refractivity contribution in [2.45, 2.75) is 69.3 Å². The number of fused-ring (bicyclic) bond motifs is 1. The van der Waals surface area contributed by atoms with Gasteiger partial charge in [0, 0.05) is 22.9 Å². The third-order valence-corrected chi connectivity index (χ3v) is 12.5. The highest BCUT2D eigenvalue weighted by Crippen LogP contribution is 2.75. The van der Waals surface area contributed by atoms with Crippen LogP contribution in [0.15, 0.2) is 34.0 Å². The SMILES string of the molecule is C=C(C)[C@@H]1CC[C@]2(C)S[P@@](=S)(OC[C@H]3O[C@@H](n4ccc(=O)[nH]c4=O)[C@H](O)[C@@H]3C)O[C@H]2C1.S. The maximum atomic E-state index is 12.1. The van der Waals surface area contributed by atoms with Crippen LogP contribution >= 0.6 is 30.6 Å². The summed E-state index contributed by atoms with van der Waals surface area (Å²) in [5.74, 6) is 0.161. The van der Waals surface area contributed by atoms with E-state index in [0.717, 1.165) is 19.3 Å². The summed E-state index contributed by atoms with van der Waals surface area (Å²) >= 11 is 7.45. The number of hydrogen-bond donors (Lipinski definition) is 2. The molecule has 0 bridgehead atoms. The van der Waals surface area contributed by atoms with Crippen molar-refractivity contribution in [2.24, 2.45) is 11.8 Å². The monoisotopic (exact) mass is 522 g/mol. The third-order valence-electron chi connectivity index (χ3n) is 6.70. The van der Waals surface area contributed by atoms with Crippen LogP contribution in [-0.2, 0) is 25.6 Å². The first-order valence-corrected chi connectivity index (χ1v) is 14.5. The third kappa shape index (κ3) is 5.00. The summed E-state index contributed by atoms with van der Waals surface area (Å²) in [6.45, 7) is 10.4. The lowest BCUT2D eigenvalue weighted by molar-refractivity contribution is -0.0508. The Hall–Kier alpha value is -0.390. The van der Waals surface area contributed by atoms with Gasteiger partial charge < -0.3 is 18.9 Å². The van der Waals surface area contributed by atoms with Gasteiger partial charge in [-0.2, -0.15) is 13.5 Å². The second-order valence-electron chi connectivity index (χ2n) is 8.99. The largest absolute Gasteiger partial charge is 0.388 e. The van der Waals surface area contributed by atoms with E-state index in [2.05, 4.69) is 25.4 Å². The van der Waals surface area contributed by atoms with Gasteiger partial charge in [-0.3, -0.25) is 14.3 Å². The molecule has 4 rings (SSSR count). The molecule has 1 aliphatic carbocycles. The van der Waals surface area contributed by atoms with Crippen molar-refractivity contribution >= 4 is 42.4 Å². The Labute approximate surface area is 203 Å². The normalized spacial score (nSPS) is 41.1. The number of allylic oxidation sites excluding steroid dienone is 1. The number of hydrogen-bond acceptors (Lipinski definition) is 8. The summed E-state index contributed by atoms with van der Waals surface area (Å²) < 4.78 is 19.5. The molecule has 0 spiro atoms. The molecule has 3 fully saturated rings. The Kier molecular flexibility index (Phi) is 7.94. The van der Waals surface area contributed by atoms with E-state index in [9.17, 15) is 14.7 Å². The van der Waals surface area contributed by atoms with E-state index in [1.54, 1.807) is 11.4 Å². The van der Waals surface area contributed by atoms with Crippen LogP contribution in [0.25, 0.3) is 0 Å². The summed E-state index contributed by atoms with van der Waals surface area (Å²) in [5, 5.41) is 10.6. The molecule has 12 heteroatoms. The number of aromatic amines is 1. The lowest BCUT2D eigenvalue weighted by Crippen LogP contribution is -2.39. The number of aliphatic hydroxyl groups excluding tert-OH is 1. The van der Waals surface area contributed by atoms with Gasteiger partial charge in [0.1, 0.15) is 6.10 Å². The number of nitrogens with zero attached hydrogens (tertiary/aromatic N) is 1. The first-order chi connectivity index (χ1) is 14.5. The molecule has 0 amide bonds. The average molecular weight is 523 g/mol. The van der Waals surface area contributed by atoms with Gasteiger partial charge in [-0.25, -0.2) is 4.79 Å². The zero-order valence-corrected chi connectivity index (χ0v) is 21.9. The van der Waals surface area contributed by atoms with Gasteiger partial charge in [0.15, 0.2) is 6.23 Å². The number of nitrogens with one attached hydrogen (secondary N) is 1. The minimum Gasteiger partial charge on any atom is -0.388 e. The van der Waals surface area contributed by atoms with Gasteiger partial charge in [-0.15, -0.1) is 0 Å². The number of aliphatic hydroxyl groups is 1. The van der Waals surface area contributed by atoms with E-state index >= 15 is 0 Å². The standard InChI is InChI=1S/C20H29N2O6PS2.H2S/c1-11(2)13-5-7-20(4)15(9-13)28-29(30,31-20)26-10-14-12(3)17(24)18(27-14)22-8-6-16(23)21-19(22)25;/h6,8,12-15,17-18,24H,1,5,7,9-10H2,2-4H3,(H,21,23,25);1H2/t12-,13-,14-,15+,17-,18-,20+,29+;/m1./s1. The van der Waals surface area contributed by atoms with Crippen LogP contribution in [0.1, 0.15) is 46.3 Å². The molecule has 0 unspecified atom stereocenters. The summed E-state index contributed by atoms with van der Waals surface area (Å²) in [6.07, 6.45) is 2.08. The van der Waals surface area contributed by atoms with E-state index in [-0.39, 0.29) is 36.9 Å². The predicted octanol–water partition coefficient (Wildman–Crippen LogP) is 3.05. The molecule has 3 heterocycles. The number of rotatable bonds is 5. The summed E-state index contributed by atoms with van der Waals surface area (Å²) in [4.78, 5) is 25.6. The molecule has 8 atom stereocenters. The van der Waals surface area contributed by atoms with Gasteiger partial charge in [-0.05, 0) is 50.8 Å². The molecule has 2 aliphatic heterocycles. The fourth-order valence-electron chi connectivity index (χ4n) is 4.52. The quantitative estimate of drug-likeness (QED) is 0.449. The molecule has 3 aliphatic rings. The second kappa shape index (κ2) is 9.70. The maximum absolute atomic E-state index is 12.1. The molecule has 0 aromatic carbocycles. The topological polar surface area (TPSA) is 103 Å². The summed E-state index contributed by atoms with van der Waals surface area (Å²) in [7, 11) is 0. The van der Waals surface area contributed by atoms with Crippen molar-refractivity contribution in [3.63, 3.8) is 0 Å². The van der Waals surface area contributed by atoms with Gasteiger partial charge >= 0.3 is 5.69 Å². The fourth-order valence-corrected chi connectivity index (χ4v) is 11.7. The Balaban J connectivity index is 0.00000289. The van der Waals surface area contributed by atoms with Crippen molar-refractivity contribution in [3.05, 3.63) is 45.3 Å². The minimum absolute atomic E-state index is 0. The Morgan fingerprint density at radius 1 is 1.53 bits per heavy atom. The zero-order chi connectivity index (χ0) is 22.6. The van der Waals surface area contributed by atoms with Gasteiger partial charge in [0.25, 0.3) is 5.56 Å². The van der Waals surface area contributed by atoms with Gasteiger partial charge in [-0.1, -0.05) is 30.5 Å². The van der Waals surface area contributed by atoms with E-state index < -0.39 is 35.4 Å². The summed E-state index contributed by atoms with van der Waals surface area (Å²) in [6, 6.07) is 1.22. The second-order valence-corrected chi connectivity index (χ2v) is 15.6. The van der Waals surface area contributed by atoms with Crippen molar-refractivity contribution < 1.29 is 18.9 Å². The number of H-pyrrole nitrogens is 1. The molecular formula is C20H31N2O6PS3. The molecule has 1 aromatic rings. The van der Waals surface area contributed by atoms with E-state index in [0.29, 0.717) is 5.92 Å². The first kappa shape index (κ1) is 26.2. The van der Waals surface area contributed by atoms with Crippen LogP contribution in [0.3, 0.4) is 0 Å². The Bertz CT molecular complexity index is 1030. The molecule has 0 radical (unpaired) electrons. The molecule has 1 aromatic heterocycles. The molecule has 1 saturated carbocycles. The van der Waals surface area contributed by atoms with E-state index in [1.165, 1.54) is 22.4 Å². The molecule has 180 valence electrons. The maximum Gasteiger partial charge on any atom is 0.330 e. The lowest BCUT2D eigenvalue weighted by atomic mass is 9.77. The van der Waals surface area contributed by atoms with Crippen molar-refractivity contribution in [1.82, 2.24) is 9.55 Å². The molecule has 8 nitrogen and oxygen atoms in total. The van der Waals surface area contributed by atoms with Crippen LogP contribution in [0.2, 0.25) is 0 Å². The van der Waals surface area contributed by atoms with Crippen molar-refractivity contribution in [2.75, 3.05) is 6.61 Å². The average Bonchev–Trinajstić information content (AvgIpc) is 3.12. The van der Waals surface area contributed by atoms with Crippen LogP contribution in [-0.4, -0.2) is 44.3 Å². The first-order valence-electron chi connectivity index (χ1n) is 10.5. The number of aromatic nitrogens is 2. The van der Waals surface area contributed by atoms with Gasteiger partial charge in [0.2, 0.25) is 5.69 Å². The zero-order valence-electron chi connectivity index (χ0n) is 18.4.